The molecule has 1 saturated heterocycles. The summed E-state index contributed by atoms with van der Waals surface area (Å²) in [5.41, 5.74) is 0.288. The maximum absolute atomic E-state index is 5.79. The Kier molecular flexibility index (Phi) is 5.18. The Balaban J connectivity index is 2.27. The lowest BCUT2D eigenvalue weighted by molar-refractivity contribution is -0.0640. The summed E-state index contributed by atoms with van der Waals surface area (Å²) in [5.74, 6) is 0. The molecule has 1 aliphatic rings. The molecule has 96 valence electrons. The molecule has 0 amide bonds. The molecule has 1 aliphatic heterocycles. The van der Waals surface area contributed by atoms with E-state index >= 15 is 0 Å². The fraction of sp³-hybridized carbons (Fsp3) is 1.00. The Morgan fingerprint density at radius 3 is 2.38 bits per heavy atom. The highest BCUT2D eigenvalue weighted by atomic mass is 16.5. The van der Waals surface area contributed by atoms with Crippen LogP contribution in [0.5, 0.6) is 0 Å². The molecular weight excluding hydrogens is 204 g/mol. The molecule has 0 aliphatic carbocycles. The van der Waals surface area contributed by atoms with E-state index in [2.05, 4.69) is 31.4 Å². The molecule has 0 saturated carbocycles. The fourth-order valence-electron chi connectivity index (χ4n) is 1.91. The summed E-state index contributed by atoms with van der Waals surface area (Å²) >= 11 is 0. The third-order valence-corrected chi connectivity index (χ3v) is 2.94. The summed E-state index contributed by atoms with van der Waals surface area (Å²) in [6, 6.07) is 0.505. The Labute approximate surface area is 99.1 Å². The van der Waals surface area contributed by atoms with E-state index in [1.807, 2.05) is 6.92 Å². The molecule has 0 spiro atoms. The smallest absolute Gasteiger partial charge is 0.121 e. The lowest BCUT2D eigenvalue weighted by Gasteiger charge is -2.39. The van der Waals surface area contributed by atoms with Crippen LogP contribution in [0.1, 0.15) is 27.7 Å². The number of hydrogen-bond acceptors (Lipinski definition) is 4. The van der Waals surface area contributed by atoms with Crippen molar-refractivity contribution in [1.29, 1.82) is 0 Å². The molecule has 1 rings (SSSR count). The van der Waals surface area contributed by atoms with Gasteiger partial charge in [-0.3, -0.25) is 5.32 Å². The predicted molar refractivity (Wildman–Crippen MR) is 65.5 cm³/mol. The van der Waals surface area contributed by atoms with Crippen LogP contribution in [0.15, 0.2) is 0 Å². The SMILES string of the molecule is COC[C@H](C)OC1CNC(C(C)(C)C)CN1. The van der Waals surface area contributed by atoms with Crippen molar-refractivity contribution < 1.29 is 9.47 Å². The molecule has 3 atom stereocenters. The lowest BCUT2D eigenvalue weighted by Crippen LogP contribution is -2.60. The van der Waals surface area contributed by atoms with Crippen molar-refractivity contribution in [3.8, 4) is 0 Å². The average molecular weight is 230 g/mol. The first-order valence-corrected chi connectivity index (χ1v) is 6.04. The zero-order chi connectivity index (χ0) is 12.2. The quantitative estimate of drug-likeness (QED) is 0.755. The first-order chi connectivity index (χ1) is 7.43. The topological polar surface area (TPSA) is 42.5 Å². The Morgan fingerprint density at radius 2 is 1.94 bits per heavy atom. The van der Waals surface area contributed by atoms with E-state index in [0.717, 1.165) is 13.1 Å². The van der Waals surface area contributed by atoms with Crippen LogP contribution < -0.4 is 10.6 Å². The van der Waals surface area contributed by atoms with E-state index in [1.165, 1.54) is 0 Å². The minimum Gasteiger partial charge on any atom is -0.382 e. The molecule has 0 radical (unpaired) electrons. The minimum absolute atomic E-state index is 0.101. The molecule has 0 aromatic carbocycles. The third-order valence-electron chi connectivity index (χ3n) is 2.94. The number of hydrogen-bond donors (Lipinski definition) is 2. The molecule has 16 heavy (non-hydrogen) atoms. The first kappa shape index (κ1) is 13.9. The van der Waals surface area contributed by atoms with Gasteiger partial charge >= 0.3 is 0 Å². The zero-order valence-electron chi connectivity index (χ0n) is 11.2. The maximum atomic E-state index is 5.79. The molecule has 0 aromatic heterocycles. The van der Waals surface area contributed by atoms with Gasteiger partial charge < -0.3 is 14.8 Å². The van der Waals surface area contributed by atoms with Gasteiger partial charge in [0.25, 0.3) is 0 Å². The monoisotopic (exact) mass is 230 g/mol. The van der Waals surface area contributed by atoms with Gasteiger partial charge in [-0.15, -0.1) is 0 Å². The van der Waals surface area contributed by atoms with E-state index in [1.54, 1.807) is 7.11 Å². The molecule has 4 heteroatoms. The molecule has 1 fully saturated rings. The average Bonchev–Trinajstić information content (AvgIpc) is 2.17. The van der Waals surface area contributed by atoms with E-state index in [4.69, 9.17) is 9.47 Å². The number of rotatable bonds is 4. The van der Waals surface area contributed by atoms with Crippen molar-refractivity contribution in [2.24, 2.45) is 5.41 Å². The van der Waals surface area contributed by atoms with Gasteiger partial charge in [0, 0.05) is 26.2 Å². The zero-order valence-corrected chi connectivity index (χ0v) is 11.2. The van der Waals surface area contributed by atoms with Crippen molar-refractivity contribution in [3.05, 3.63) is 0 Å². The van der Waals surface area contributed by atoms with Crippen molar-refractivity contribution in [2.45, 2.75) is 46.1 Å². The van der Waals surface area contributed by atoms with Crippen molar-refractivity contribution >= 4 is 0 Å². The molecule has 2 unspecified atom stereocenters. The highest BCUT2D eigenvalue weighted by Gasteiger charge is 2.29. The minimum atomic E-state index is 0.101. The highest BCUT2D eigenvalue weighted by molar-refractivity contribution is 4.87. The molecule has 0 aromatic rings. The number of nitrogens with one attached hydrogen (secondary N) is 2. The summed E-state index contributed by atoms with van der Waals surface area (Å²) in [7, 11) is 1.70. The lowest BCUT2D eigenvalue weighted by atomic mass is 9.86. The van der Waals surface area contributed by atoms with Crippen LogP contribution in [0.2, 0.25) is 0 Å². The third kappa shape index (κ3) is 4.37. The van der Waals surface area contributed by atoms with Gasteiger partial charge in [-0.2, -0.15) is 0 Å². The van der Waals surface area contributed by atoms with Crippen molar-refractivity contribution in [3.63, 3.8) is 0 Å². The molecule has 2 N–H and O–H groups in total. The molecule has 0 bridgehead atoms. The second kappa shape index (κ2) is 5.96. The van der Waals surface area contributed by atoms with Crippen LogP contribution in [-0.4, -0.2) is 45.2 Å². The van der Waals surface area contributed by atoms with Crippen LogP contribution in [0.25, 0.3) is 0 Å². The molecule has 4 nitrogen and oxygen atoms in total. The fourth-order valence-corrected chi connectivity index (χ4v) is 1.91. The van der Waals surface area contributed by atoms with Crippen LogP contribution in [0.3, 0.4) is 0 Å². The Morgan fingerprint density at radius 1 is 1.25 bits per heavy atom. The predicted octanol–water partition coefficient (Wildman–Crippen LogP) is 0.972. The molecule has 1 heterocycles. The van der Waals surface area contributed by atoms with Gasteiger partial charge in [-0.05, 0) is 12.3 Å². The van der Waals surface area contributed by atoms with Gasteiger partial charge in [0.2, 0.25) is 0 Å². The van der Waals surface area contributed by atoms with Crippen LogP contribution >= 0.6 is 0 Å². The maximum Gasteiger partial charge on any atom is 0.121 e. The largest absolute Gasteiger partial charge is 0.382 e. The first-order valence-electron chi connectivity index (χ1n) is 6.04. The number of methoxy groups -OCH3 is 1. The van der Waals surface area contributed by atoms with Gasteiger partial charge in [0.05, 0.1) is 12.7 Å². The summed E-state index contributed by atoms with van der Waals surface area (Å²) in [6.45, 7) is 11.2. The van der Waals surface area contributed by atoms with Crippen LogP contribution in [0.4, 0.5) is 0 Å². The Bertz CT molecular complexity index is 196. The number of ether oxygens (including phenoxy) is 2. The van der Waals surface area contributed by atoms with Crippen molar-refractivity contribution in [2.75, 3.05) is 26.8 Å². The van der Waals surface area contributed by atoms with E-state index in [0.29, 0.717) is 12.6 Å². The summed E-state index contributed by atoms with van der Waals surface area (Å²) < 4.78 is 10.8. The van der Waals surface area contributed by atoms with Crippen LogP contribution in [0, 0.1) is 5.41 Å². The standard InChI is InChI=1S/C12H26N2O2/c1-9(8-15-5)16-11-7-13-10(6-14-11)12(2,3)4/h9-11,13-14H,6-8H2,1-5H3/t9-,10?,11?/m0/s1. The van der Waals surface area contributed by atoms with E-state index in [-0.39, 0.29) is 17.7 Å². The summed E-state index contributed by atoms with van der Waals surface area (Å²) in [4.78, 5) is 0. The molecular formula is C12H26N2O2. The van der Waals surface area contributed by atoms with Gasteiger partial charge in [0.1, 0.15) is 6.23 Å². The van der Waals surface area contributed by atoms with E-state index in [9.17, 15) is 0 Å². The number of piperazine rings is 1. The van der Waals surface area contributed by atoms with Gasteiger partial charge in [0.15, 0.2) is 0 Å². The second-order valence-electron chi connectivity index (χ2n) is 5.63. The summed E-state index contributed by atoms with van der Waals surface area (Å²) in [6.07, 6.45) is 0.235. The summed E-state index contributed by atoms with van der Waals surface area (Å²) in [5, 5.41) is 6.95. The Hall–Kier alpha value is -0.160. The normalized spacial score (nSPS) is 29.1. The van der Waals surface area contributed by atoms with Crippen molar-refractivity contribution in [1.82, 2.24) is 10.6 Å². The van der Waals surface area contributed by atoms with E-state index < -0.39 is 0 Å². The highest BCUT2D eigenvalue weighted by Crippen LogP contribution is 2.20. The van der Waals surface area contributed by atoms with Crippen LogP contribution in [-0.2, 0) is 9.47 Å². The second-order valence-corrected chi connectivity index (χ2v) is 5.63. The van der Waals surface area contributed by atoms with Gasteiger partial charge in [-0.25, -0.2) is 0 Å². The van der Waals surface area contributed by atoms with Gasteiger partial charge in [-0.1, -0.05) is 20.8 Å².